The minimum absolute atomic E-state index is 0.136. The molecule has 3 aliphatic rings. The van der Waals surface area contributed by atoms with Crippen LogP contribution in [0.4, 0.5) is 0 Å². The van der Waals surface area contributed by atoms with Crippen molar-refractivity contribution in [2.24, 2.45) is 10.9 Å². The van der Waals surface area contributed by atoms with Crippen LogP contribution in [-0.4, -0.2) is 74.9 Å². The summed E-state index contributed by atoms with van der Waals surface area (Å²) in [5, 5.41) is 6.43. The van der Waals surface area contributed by atoms with Gasteiger partial charge in [-0.25, -0.2) is 0 Å². The van der Waals surface area contributed by atoms with Gasteiger partial charge in [0.15, 0.2) is 5.96 Å². The van der Waals surface area contributed by atoms with Crippen LogP contribution in [0.3, 0.4) is 0 Å². The van der Waals surface area contributed by atoms with Gasteiger partial charge in [0.05, 0.1) is 12.7 Å². The van der Waals surface area contributed by atoms with Crippen molar-refractivity contribution in [3.63, 3.8) is 0 Å². The first-order chi connectivity index (χ1) is 12.8. The molecule has 7 heteroatoms. The van der Waals surface area contributed by atoms with Gasteiger partial charge in [0, 0.05) is 45.2 Å². The SMILES string of the molecule is CCNC(=NCCCNC(=O)C1CCC1)N1CCOC(C2CCCO2)C1. The van der Waals surface area contributed by atoms with E-state index in [1.165, 1.54) is 6.42 Å². The molecule has 2 saturated heterocycles. The van der Waals surface area contributed by atoms with Crippen molar-refractivity contribution >= 4 is 11.9 Å². The van der Waals surface area contributed by atoms with Crippen molar-refractivity contribution in [1.29, 1.82) is 0 Å². The lowest BCUT2D eigenvalue weighted by Gasteiger charge is -2.37. The highest BCUT2D eigenvalue weighted by Crippen LogP contribution is 2.26. The number of carbonyl (C=O) groups is 1. The van der Waals surface area contributed by atoms with Gasteiger partial charge in [-0.05, 0) is 39.0 Å². The summed E-state index contributed by atoms with van der Waals surface area (Å²) in [4.78, 5) is 18.9. The molecule has 0 spiro atoms. The first kappa shape index (κ1) is 19.4. The molecule has 148 valence electrons. The van der Waals surface area contributed by atoms with Crippen LogP contribution in [0.5, 0.6) is 0 Å². The molecule has 7 nitrogen and oxygen atoms in total. The van der Waals surface area contributed by atoms with Gasteiger partial charge >= 0.3 is 0 Å². The third-order valence-corrected chi connectivity index (χ3v) is 5.48. The van der Waals surface area contributed by atoms with E-state index in [9.17, 15) is 4.79 Å². The predicted octanol–water partition coefficient (Wildman–Crippen LogP) is 1.14. The van der Waals surface area contributed by atoms with Crippen molar-refractivity contribution in [1.82, 2.24) is 15.5 Å². The van der Waals surface area contributed by atoms with Gasteiger partial charge < -0.3 is 25.0 Å². The maximum Gasteiger partial charge on any atom is 0.223 e. The second-order valence-electron chi connectivity index (χ2n) is 7.41. The summed E-state index contributed by atoms with van der Waals surface area (Å²) < 4.78 is 11.7. The van der Waals surface area contributed by atoms with Crippen LogP contribution >= 0.6 is 0 Å². The fourth-order valence-corrected chi connectivity index (χ4v) is 3.70. The second kappa shape index (κ2) is 10.1. The molecule has 2 atom stereocenters. The summed E-state index contributed by atoms with van der Waals surface area (Å²) in [6.07, 6.45) is 6.75. The fourth-order valence-electron chi connectivity index (χ4n) is 3.70. The minimum atomic E-state index is 0.136. The highest BCUT2D eigenvalue weighted by Gasteiger charge is 2.32. The Kier molecular flexibility index (Phi) is 7.55. The summed E-state index contributed by atoms with van der Waals surface area (Å²) in [5.41, 5.74) is 0. The van der Waals surface area contributed by atoms with Gasteiger partial charge in [-0.1, -0.05) is 6.42 Å². The number of hydrogen-bond donors (Lipinski definition) is 2. The van der Waals surface area contributed by atoms with Gasteiger partial charge in [0.25, 0.3) is 0 Å². The molecule has 3 rings (SSSR count). The molecule has 1 aliphatic carbocycles. The zero-order chi connectivity index (χ0) is 18.2. The summed E-state index contributed by atoms with van der Waals surface area (Å²) in [5.74, 6) is 1.43. The molecular formula is C19H34N4O3. The smallest absolute Gasteiger partial charge is 0.223 e. The third kappa shape index (κ3) is 5.33. The highest BCUT2D eigenvalue weighted by molar-refractivity contribution is 5.80. The predicted molar refractivity (Wildman–Crippen MR) is 101 cm³/mol. The molecule has 0 aromatic carbocycles. The lowest BCUT2D eigenvalue weighted by atomic mass is 9.85. The fraction of sp³-hybridized carbons (Fsp3) is 0.895. The molecule has 3 fully saturated rings. The van der Waals surface area contributed by atoms with Crippen LogP contribution in [0.25, 0.3) is 0 Å². The molecule has 1 saturated carbocycles. The van der Waals surface area contributed by atoms with E-state index >= 15 is 0 Å². The summed E-state index contributed by atoms with van der Waals surface area (Å²) >= 11 is 0. The Morgan fingerprint density at radius 1 is 1.12 bits per heavy atom. The number of rotatable bonds is 7. The number of guanidine groups is 1. The number of ether oxygens (including phenoxy) is 2. The highest BCUT2D eigenvalue weighted by atomic mass is 16.5. The number of carbonyl (C=O) groups excluding carboxylic acids is 1. The van der Waals surface area contributed by atoms with E-state index in [1.54, 1.807) is 0 Å². The van der Waals surface area contributed by atoms with Crippen LogP contribution in [0.2, 0.25) is 0 Å². The summed E-state index contributed by atoms with van der Waals surface area (Å²) in [6, 6.07) is 0. The van der Waals surface area contributed by atoms with E-state index in [0.717, 1.165) is 70.8 Å². The molecule has 26 heavy (non-hydrogen) atoms. The molecule has 2 aliphatic heterocycles. The van der Waals surface area contributed by atoms with Gasteiger partial charge in [-0.3, -0.25) is 9.79 Å². The number of nitrogens with one attached hydrogen (secondary N) is 2. The number of aliphatic imine (C=N–C) groups is 1. The molecule has 1 amide bonds. The topological polar surface area (TPSA) is 75.2 Å². The van der Waals surface area contributed by atoms with E-state index in [-0.39, 0.29) is 24.0 Å². The molecule has 2 N–H and O–H groups in total. The van der Waals surface area contributed by atoms with Crippen LogP contribution in [0.15, 0.2) is 4.99 Å². The number of amides is 1. The quantitative estimate of drug-likeness (QED) is 0.401. The lowest BCUT2D eigenvalue weighted by Crippen LogP contribution is -2.53. The third-order valence-electron chi connectivity index (χ3n) is 5.48. The van der Waals surface area contributed by atoms with Gasteiger partial charge in [0.2, 0.25) is 5.91 Å². The first-order valence-electron chi connectivity index (χ1n) is 10.3. The lowest BCUT2D eigenvalue weighted by molar-refractivity contribution is -0.127. The molecular weight excluding hydrogens is 332 g/mol. The largest absolute Gasteiger partial charge is 0.375 e. The Balaban J connectivity index is 1.42. The van der Waals surface area contributed by atoms with Crippen LogP contribution in [0, 0.1) is 5.92 Å². The summed E-state index contributed by atoms with van der Waals surface area (Å²) in [6.45, 7) is 7.61. The Morgan fingerprint density at radius 2 is 1.96 bits per heavy atom. The van der Waals surface area contributed by atoms with E-state index in [2.05, 4.69) is 22.5 Å². The average Bonchev–Trinajstić information content (AvgIpc) is 3.14. The Hall–Kier alpha value is -1.34. The van der Waals surface area contributed by atoms with E-state index in [0.29, 0.717) is 13.2 Å². The maximum absolute atomic E-state index is 11.8. The van der Waals surface area contributed by atoms with E-state index in [1.807, 2.05) is 0 Å². The van der Waals surface area contributed by atoms with Gasteiger partial charge in [-0.15, -0.1) is 0 Å². The van der Waals surface area contributed by atoms with Crippen molar-refractivity contribution in [2.45, 2.75) is 57.7 Å². The van der Waals surface area contributed by atoms with Crippen molar-refractivity contribution < 1.29 is 14.3 Å². The Bertz CT molecular complexity index is 475. The van der Waals surface area contributed by atoms with Crippen LogP contribution < -0.4 is 10.6 Å². The molecule has 2 unspecified atom stereocenters. The average molecular weight is 367 g/mol. The number of morpholine rings is 1. The number of hydrogen-bond acceptors (Lipinski definition) is 4. The molecule has 0 aromatic rings. The van der Waals surface area contributed by atoms with Crippen LogP contribution in [0.1, 0.15) is 45.4 Å². The minimum Gasteiger partial charge on any atom is -0.375 e. The zero-order valence-corrected chi connectivity index (χ0v) is 16.0. The molecule has 2 heterocycles. The Labute approximate surface area is 156 Å². The van der Waals surface area contributed by atoms with Crippen molar-refractivity contribution in [3.05, 3.63) is 0 Å². The van der Waals surface area contributed by atoms with Crippen molar-refractivity contribution in [3.8, 4) is 0 Å². The van der Waals surface area contributed by atoms with Gasteiger partial charge in [-0.2, -0.15) is 0 Å². The van der Waals surface area contributed by atoms with E-state index < -0.39 is 0 Å². The monoisotopic (exact) mass is 366 g/mol. The molecule has 0 bridgehead atoms. The number of nitrogens with zero attached hydrogens (tertiary/aromatic N) is 2. The normalized spacial score (nSPS) is 27.3. The molecule has 0 radical (unpaired) electrons. The van der Waals surface area contributed by atoms with Gasteiger partial charge in [0.1, 0.15) is 6.10 Å². The maximum atomic E-state index is 11.8. The summed E-state index contributed by atoms with van der Waals surface area (Å²) in [7, 11) is 0. The van der Waals surface area contributed by atoms with Crippen LogP contribution in [-0.2, 0) is 14.3 Å². The zero-order valence-electron chi connectivity index (χ0n) is 16.0. The standard InChI is InChI=1S/C19H34N4O3/c1-2-20-19(22-10-5-9-21-18(24)15-6-3-7-15)23-11-13-26-17(14-23)16-8-4-12-25-16/h15-17H,2-14H2,1H3,(H,20,22)(H,21,24). The second-order valence-corrected chi connectivity index (χ2v) is 7.41. The molecule has 0 aromatic heterocycles. The van der Waals surface area contributed by atoms with Crippen molar-refractivity contribution in [2.75, 3.05) is 45.9 Å². The van der Waals surface area contributed by atoms with E-state index in [4.69, 9.17) is 14.5 Å². The Morgan fingerprint density at radius 3 is 2.65 bits per heavy atom. The first-order valence-corrected chi connectivity index (χ1v) is 10.3.